The van der Waals surface area contributed by atoms with Crippen LogP contribution >= 0.6 is 23.2 Å². The first-order valence-electron chi connectivity index (χ1n) is 8.25. The van der Waals surface area contributed by atoms with Crippen molar-refractivity contribution in [2.45, 2.75) is 19.4 Å². The third-order valence-corrected chi connectivity index (χ3v) is 4.83. The van der Waals surface area contributed by atoms with E-state index in [0.717, 1.165) is 11.1 Å². The third-order valence-electron chi connectivity index (χ3n) is 4.34. The lowest BCUT2D eigenvalue weighted by Crippen LogP contribution is -2.49. The Morgan fingerprint density at radius 1 is 1.19 bits per heavy atom. The Kier molecular flexibility index (Phi) is 5.81. The molecule has 0 spiro atoms. The summed E-state index contributed by atoms with van der Waals surface area (Å²) in [6, 6.07) is 12.6. The Balaban J connectivity index is 1.58. The predicted octanol–water partition coefficient (Wildman–Crippen LogP) is 3.76. The smallest absolute Gasteiger partial charge is 0.244 e. The molecule has 26 heavy (non-hydrogen) atoms. The van der Waals surface area contributed by atoms with Gasteiger partial charge in [0.2, 0.25) is 11.8 Å². The molecule has 0 saturated carbocycles. The largest absolute Gasteiger partial charge is 0.324 e. The molecule has 0 aliphatic carbocycles. The molecule has 1 aliphatic rings. The summed E-state index contributed by atoms with van der Waals surface area (Å²) >= 11 is 11.9. The Labute approximate surface area is 162 Å². The highest BCUT2D eigenvalue weighted by molar-refractivity contribution is 6.31. The molecular weight excluding hydrogens is 373 g/mol. The molecule has 1 heterocycles. The number of hydrogen-bond donors (Lipinski definition) is 2. The number of hydrogen-bond acceptors (Lipinski definition) is 3. The summed E-state index contributed by atoms with van der Waals surface area (Å²) in [4.78, 5) is 26.2. The van der Waals surface area contributed by atoms with Crippen LogP contribution in [0.3, 0.4) is 0 Å². The molecule has 136 valence electrons. The lowest BCUT2D eigenvalue weighted by atomic mass is 10.0. The van der Waals surface area contributed by atoms with Gasteiger partial charge in [0.1, 0.15) is 6.54 Å². The van der Waals surface area contributed by atoms with Crippen LogP contribution in [0.25, 0.3) is 0 Å². The van der Waals surface area contributed by atoms with Gasteiger partial charge >= 0.3 is 0 Å². The Bertz CT molecular complexity index is 824. The maximum Gasteiger partial charge on any atom is 0.244 e. The summed E-state index contributed by atoms with van der Waals surface area (Å²) in [5.74, 6) is -0.322. The van der Waals surface area contributed by atoms with E-state index in [1.165, 1.54) is 4.90 Å². The number of carbonyl (C=O) groups excluding carboxylic acids is 2. The third kappa shape index (κ3) is 4.55. The number of aryl methyl sites for hydroxylation is 1. The van der Waals surface area contributed by atoms with E-state index in [2.05, 4.69) is 10.6 Å². The highest BCUT2D eigenvalue weighted by atomic mass is 35.5. The van der Waals surface area contributed by atoms with Crippen LogP contribution in [-0.4, -0.2) is 29.9 Å². The molecule has 0 radical (unpaired) electrons. The molecule has 0 bridgehead atoms. The summed E-state index contributed by atoms with van der Waals surface area (Å²) in [7, 11) is 0. The minimum atomic E-state index is -0.254. The molecular formula is C19H19Cl2N3O2. The highest BCUT2D eigenvalue weighted by Gasteiger charge is 2.27. The van der Waals surface area contributed by atoms with Crippen LogP contribution in [0.4, 0.5) is 5.69 Å². The van der Waals surface area contributed by atoms with Crippen LogP contribution in [0.2, 0.25) is 10.0 Å². The molecule has 0 aromatic heterocycles. The van der Waals surface area contributed by atoms with Gasteiger partial charge < -0.3 is 10.2 Å². The first-order valence-corrected chi connectivity index (χ1v) is 9.00. The number of rotatable bonds is 4. The number of carbonyl (C=O) groups is 2. The van der Waals surface area contributed by atoms with Crippen LogP contribution < -0.4 is 10.6 Å². The summed E-state index contributed by atoms with van der Waals surface area (Å²) in [5.41, 5.74) is 2.56. The minimum Gasteiger partial charge on any atom is -0.324 e. The van der Waals surface area contributed by atoms with Gasteiger partial charge in [-0.2, -0.15) is 0 Å². The topological polar surface area (TPSA) is 61.4 Å². The fourth-order valence-corrected chi connectivity index (χ4v) is 3.15. The molecule has 1 saturated heterocycles. The quantitative estimate of drug-likeness (QED) is 0.833. The molecule has 1 fully saturated rings. The van der Waals surface area contributed by atoms with Crippen molar-refractivity contribution >= 4 is 40.7 Å². The first kappa shape index (κ1) is 18.7. The summed E-state index contributed by atoms with van der Waals surface area (Å²) in [5, 5.41) is 7.30. The number of benzene rings is 2. The average molecular weight is 392 g/mol. The maximum absolute atomic E-state index is 12.4. The number of nitrogens with zero attached hydrogens (tertiary/aromatic N) is 1. The van der Waals surface area contributed by atoms with E-state index in [1.54, 1.807) is 24.3 Å². The second-order valence-corrected chi connectivity index (χ2v) is 7.14. The molecule has 2 N–H and O–H groups in total. The zero-order valence-corrected chi connectivity index (χ0v) is 15.8. The van der Waals surface area contributed by atoms with Gasteiger partial charge in [-0.1, -0.05) is 41.4 Å². The van der Waals surface area contributed by atoms with Crippen molar-refractivity contribution in [3.63, 3.8) is 0 Å². The first-order chi connectivity index (χ1) is 12.4. The van der Waals surface area contributed by atoms with Gasteiger partial charge in [-0.05, 0) is 42.3 Å². The van der Waals surface area contributed by atoms with Crippen molar-refractivity contribution in [1.29, 1.82) is 0 Å². The van der Waals surface area contributed by atoms with Crippen LogP contribution in [0, 0.1) is 6.92 Å². The van der Waals surface area contributed by atoms with Crippen molar-refractivity contribution in [3.05, 3.63) is 63.6 Å². The van der Waals surface area contributed by atoms with Gasteiger partial charge in [-0.3, -0.25) is 14.9 Å². The van der Waals surface area contributed by atoms with E-state index in [1.807, 2.05) is 25.1 Å². The van der Waals surface area contributed by atoms with Crippen molar-refractivity contribution in [2.75, 3.05) is 18.5 Å². The molecule has 1 atom stereocenters. The summed E-state index contributed by atoms with van der Waals surface area (Å²) < 4.78 is 0. The average Bonchev–Trinajstić information content (AvgIpc) is 2.60. The van der Waals surface area contributed by atoms with Gasteiger partial charge in [0.05, 0.1) is 6.67 Å². The van der Waals surface area contributed by atoms with Crippen LogP contribution in [0.1, 0.15) is 23.6 Å². The number of nitrogens with one attached hydrogen (secondary N) is 2. The maximum atomic E-state index is 12.4. The van der Waals surface area contributed by atoms with Crippen molar-refractivity contribution in [1.82, 2.24) is 10.2 Å². The minimum absolute atomic E-state index is 0.00881. The lowest BCUT2D eigenvalue weighted by Gasteiger charge is -2.32. The zero-order chi connectivity index (χ0) is 18.7. The van der Waals surface area contributed by atoms with E-state index >= 15 is 0 Å². The van der Waals surface area contributed by atoms with Gasteiger partial charge in [0.25, 0.3) is 0 Å². The Morgan fingerprint density at radius 2 is 1.88 bits per heavy atom. The molecule has 1 aliphatic heterocycles. The number of halogens is 2. The molecule has 1 unspecified atom stereocenters. The fourth-order valence-electron chi connectivity index (χ4n) is 2.85. The molecule has 5 nitrogen and oxygen atoms in total. The molecule has 2 aromatic rings. The fraction of sp³-hybridized carbons (Fsp3) is 0.263. The normalized spacial score (nSPS) is 17.3. The molecule has 2 amide bonds. The van der Waals surface area contributed by atoms with Crippen LogP contribution in [-0.2, 0) is 9.59 Å². The highest BCUT2D eigenvalue weighted by Crippen LogP contribution is 2.23. The second kappa shape index (κ2) is 8.08. The van der Waals surface area contributed by atoms with Gasteiger partial charge in [-0.15, -0.1) is 0 Å². The SMILES string of the molecule is Cc1ccc(Cl)cc1NC(=O)CN1CNC(c2ccc(Cl)cc2)CC1=O. The molecule has 3 rings (SSSR count). The van der Waals surface area contributed by atoms with Gasteiger partial charge in [0.15, 0.2) is 0 Å². The van der Waals surface area contributed by atoms with E-state index in [0.29, 0.717) is 28.8 Å². The summed E-state index contributed by atoms with van der Waals surface area (Å²) in [6.45, 7) is 2.19. The Morgan fingerprint density at radius 3 is 2.58 bits per heavy atom. The zero-order valence-electron chi connectivity index (χ0n) is 14.3. The predicted molar refractivity (Wildman–Crippen MR) is 103 cm³/mol. The monoisotopic (exact) mass is 391 g/mol. The van der Waals surface area contributed by atoms with E-state index < -0.39 is 0 Å². The number of anilines is 1. The standard InChI is InChI=1S/C19H19Cl2N3O2/c1-12-2-5-15(21)8-16(12)23-18(25)10-24-11-22-17(9-19(24)26)13-3-6-14(20)7-4-13/h2-8,17,22H,9-11H2,1H3,(H,23,25). The Hall–Kier alpha value is -2.08. The van der Waals surface area contributed by atoms with Crippen LogP contribution in [0.15, 0.2) is 42.5 Å². The van der Waals surface area contributed by atoms with Crippen molar-refractivity contribution in [2.24, 2.45) is 0 Å². The lowest BCUT2D eigenvalue weighted by molar-refractivity contribution is -0.138. The van der Waals surface area contributed by atoms with Crippen LogP contribution in [0.5, 0.6) is 0 Å². The molecule has 2 aromatic carbocycles. The van der Waals surface area contributed by atoms with Gasteiger partial charge in [0, 0.05) is 28.2 Å². The van der Waals surface area contributed by atoms with E-state index in [9.17, 15) is 9.59 Å². The van der Waals surface area contributed by atoms with E-state index in [-0.39, 0.29) is 24.4 Å². The van der Waals surface area contributed by atoms with Crippen molar-refractivity contribution < 1.29 is 9.59 Å². The van der Waals surface area contributed by atoms with Crippen molar-refractivity contribution in [3.8, 4) is 0 Å². The second-order valence-electron chi connectivity index (χ2n) is 6.27. The number of amides is 2. The van der Waals surface area contributed by atoms with Gasteiger partial charge in [-0.25, -0.2) is 0 Å². The van der Waals surface area contributed by atoms with E-state index in [4.69, 9.17) is 23.2 Å². The molecule has 7 heteroatoms. The summed E-state index contributed by atoms with van der Waals surface area (Å²) in [6.07, 6.45) is 0.297.